The van der Waals surface area contributed by atoms with Crippen LogP contribution in [0.3, 0.4) is 0 Å². The molecule has 1 rings (SSSR count). The van der Waals surface area contributed by atoms with Crippen LogP contribution in [0.1, 0.15) is 28.2 Å². The third kappa shape index (κ3) is 5.75. The lowest BCUT2D eigenvalue weighted by molar-refractivity contribution is -0.234. The summed E-state index contributed by atoms with van der Waals surface area (Å²) in [5.41, 5.74) is 0. The van der Waals surface area contributed by atoms with Crippen LogP contribution in [0.25, 0.3) is 0 Å². The lowest BCUT2D eigenvalue weighted by Crippen LogP contribution is -2.61. The van der Waals surface area contributed by atoms with E-state index in [9.17, 15) is 19.2 Å². The van der Waals surface area contributed by atoms with Crippen molar-refractivity contribution in [3.8, 4) is 0 Å². The van der Waals surface area contributed by atoms with Gasteiger partial charge in [-0.1, -0.05) is 23.4 Å². The molecule has 0 N–H and O–H groups in total. The summed E-state index contributed by atoms with van der Waals surface area (Å²) in [5, 5.41) is -0.980. The van der Waals surface area contributed by atoms with Gasteiger partial charge < -0.3 is 23.7 Å². The van der Waals surface area contributed by atoms with Gasteiger partial charge in [-0.15, -0.1) is 0 Å². The molecule has 0 aromatic carbocycles. The quantitative estimate of drug-likeness (QED) is 0.373. The Hall–Kier alpha value is -1.68. The van der Waals surface area contributed by atoms with Crippen LogP contribution in [0.4, 0.5) is 0 Å². The minimum absolute atomic E-state index is 0. The number of carbonyl (C=O) groups excluding carboxylic acids is 4. The number of rotatable bonds is 4. The Kier molecular flexibility index (Phi) is 8.91. The van der Waals surface area contributed by atoms with E-state index < -0.39 is 53.3 Å². The fourth-order valence-corrected chi connectivity index (χ4v) is 2.71. The van der Waals surface area contributed by atoms with Gasteiger partial charge in [0.15, 0.2) is 29.4 Å². The van der Waals surface area contributed by atoms with Gasteiger partial charge in [-0.05, 0) is 0 Å². The van der Waals surface area contributed by atoms with Crippen molar-refractivity contribution in [3.63, 3.8) is 0 Å². The molecule has 0 aliphatic carbocycles. The van der Waals surface area contributed by atoms with Gasteiger partial charge in [0, 0.05) is 20.8 Å². The van der Waals surface area contributed by atoms with E-state index in [2.05, 4.69) is 20.7 Å². The zero-order valence-electron chi connectivity index (χ0n) is 12.9. The van der Waals surface area contributed by atoms with Crippen LogP contribution >= 0.6 is 15.9 Å². The number of methoxy groups -OCH3 is 1. The van der Waals surface area contributed by atoms with Crippen molar-refractivity contribution in [2.45, 2.75) is 57.6 Å². The molecule has 1 heterocycles. The summed E-state index contributed by atoms with van der Waals surface area (Å²) < 4.78 is 25.2. The Morgan fingerprint density at radius 3 is 1.67 bits per heavy atom. The van der Waals surface area contributed by atoms with Crippen molar-refractivity contribution < 1.29 is 42.9 Å². The molecule has 0 aromatic rings. The second-order valence-electron chi connectivity index (χ2n) is 4.65. The third-order valence-electron chi connectivity index (χ3n) is 2.82. The minimum atomic E-state index is -1.36. The van der Waals surface area contributed by atoms with Crippen molar-refractivity contribution in [1.29, 1.82) is 0 Å². The van der Waals surface area contributed by atoms with Gasteiger partial charge in [-0.3, -0.25) is 14.4 Å². The molecule has 0 saturated carbocycles. The molecule has 10 heteroatoms. The van der Waals surface area contributed by atoms with Crippen molar-refractivity contribution in [3.05, 3.63) is 0 Å². The highest BCUT2D eigenvalue weighted by Crippen LogP contribution is 2.31. The predicted molar refractivity (Wildman–Crippen MR) is 83.0 cm³/mol. The molecule has 138 valence electrons. The van der Waals surface area contributed by atoms with E-state index in [4.69, 9.17) is 18.9 Å². The molecule has 0 spiro atoms. The van der Waals surface area contributed by atoms with Gasteiger partial charge in [-0.2, -0.15) is 0 Å². The summed E-state index contributed by atoms with van der Waals surface area (Å²) >= 11 is 3.11. The highest BCUT2D eigenvalue weighted by molar-refractivity contribution is 9.09. The fourth-order valence-electron chi connectivity index (χ4n) is 2.07. The Bertz CT molecular complexity index is 493. The van der Waals surface area contributed by atoms with E-state index in [1.54, 1.807) is 0 Å². The van der Waals surface area contributed by atoms with E-state index in [0.29, 0.717) is 0 Å². The summed E-state index contributed by atoms with van der Waals surface area (Å²) in [6.07, 6.45) is -5.06. The SMILES string of the molecule is C.COC(=O)C1OC(Br)C(OC(C)=O)C(OC(C)=O)C1OC(C)=O. The molecule has 5 atom stereocenters. The topological polar surface area (TPSA) is 114 Å². The van der Waals surface area contributed by atoms with E-state index in [-0.39, 0.29) is 7.43 Å². The van der Waals surface area contributed by atoms with E-state index in [0.717, 1.165) is 27.9 Å². The van der Waals surface area contributed by atoms with Gasteiger partial charge in [0.1, 0.15) is 0 Å². The average Bonchev–Trinajstić information content (AvgIpc) is 2.43. The first-order valence-electron chi connectivity index (χ1n) is 6.56. The molecular formula is C14H21BrO9. The number of alkyl halides is 1. The average molecular weight is 413 g/mol. The Morgan fingerprint density at radius 1 is 0.833 bits per heavy atom. The lowest BCUT2D eigenvalue weighted by atomic mass is 9.99. The van der Waals surface area contributed by atoms with Crippen LogP contribution in [0.15, 0.2) is 0 Å². The largest absolute Gasteiger partial charge is 0.467 e. The molecule has 5 unspecified atom stereocenters. The number of hydrogen-bond acceptors (Lipinski definition) is 9. The molecule has 0 amide bonds. The van der Waals surface area contributed by atoms with Crippen molar-refractivity contribution in [2.24, 2.45) is 0 Å². The van der Waals surface area contributed by atoms with Gasteiger partial charge >= 0.3 is 23.9 Å². The Labute approximate surface area is 148 Å². The highest BCUT2D eigenvalue weighted by atomic mass is 79.9. The van der Waals surface area contributed by atoms with Crippen LogP contribution in [-0.2, 0) is 42.9 Å². The number of hydrogen-bond donors (Lipinski definition) is 0. The zero-order valence-corrected chi connectivity index (χ0v) is 14.5. The maximum Gasteiger partial charge on any atom is 0.339 e. The molecule has 1 fully saturated rings. The normalized spacial score (nSPS) is 28.8. The van der Waals surface area contributed by atoms with Crippen LogP contribution in [-0.4, -0.2) is 60.4 Å². The van der Waals surface area contributed by atoms with Crippen molar-refractivity contribution in [1.82, 2.24) is 0 Å². The van der Waals surface area contributed by atoms with Gasteiger partial charge in [0.2, 0.25) is 0 Å². The van der Waals surface area contributed by atoms with Crippen LogP contribution in [0.5, 0.6) is 0 Å². The molecule has 1 aliphatic rings. The van der Waals surface area contributed by atoms with Crippen molar-refractivity contribution in [2.75, 3.05) is 7.11 Å². The molecule has 1 saturated heterocycles. The molecule has 1 aliphatic heterocycles. The summed E-state index contributed by atoms with van der Waals surface area (Å²) in [6.45, 7) is 3.39. The van der Waals surface area contributed by atoms with E-state index in [1.807, 2.05) is 0 Å². The molecule has 0 bridgehead atoms. The maximum absolute atomic E-state index is 11.9. The van der Waals surface area contributed by atoms with E-state index >= 15 is 0 Å². The molecule has 0 aromatic heterocycles. The Morgan fingerprint density at radius 2 is 1.25 bits per heavy atom. The summed E-state index contributed by atoms with van der Waals surface area (Å²) in [7, 11) is 1.12. The fraction of sp³-hybridized carbons (Fsp3) is 0.714. The first-order chi connectivity index (χ1) is 10.7. The van der Waals surface area contributed by atoms with Crippen LogP contribution in [0.2, 0.25) is 0 Å². The smallest absolute Gasteiger partial charge is 0.339 e. The number of halogens is 1. The van der Waals surface area contributed by atoms with E-state index in [1.165, 1.54) is 0 Å². The summed E-state index contributed by atoms with van der Waals surface area (Å²) in [6, 6.07) is 0. The number of carbonyl (C=O) groups is 4. The molecule has 24 heavy (non-hydrogen) atoms. The standard InChI is InChI=1S/C13H17BrO9.CH4/c1-5(15)20-8-9(21-6(2)16)11(13(18)19-4)23-12(14)10(8)22-7(3)17;/h8-12H,1-4H3;1H4. The molecular weight excluding hydrogens is 392 g/mol. The van der Waals surface area contributed by atoms with Crippen molar-refractivity contribution >= 4 is 39.8 Å². The summed E-state index contributed by atoms with van der Waals surface area (Å²) in [4.78, 5) is 45.8. The minimum Gasteiger partial charge on any atom is -0.467 e. The lowest BCUT2D eigenvalue weighted by Gasteiger charge is -2.41. The van der Waals surface area contributed by atoms with Crippen LogP contribution in [0, 0.1) is 0 Å². The van der Waals surface area contributed by atoms with Gasteiger partial charge in [0.05, 0.1) is 7.11 Å². The predicted octanol–water partition coefficient (Wildman–Crippen LogP) is 0.710. The molecule has 9 nitrogen and oxygen atoms in total. The highest BCUT2D eigenvalue weighted by Gasteiger charge is 2.53. The zero-order chi connectivity index (χ0) is 17.7. The second kappa shape index (κ2) is 9.58. The third-order valence-corrected chi connectivity index (χ3v) is 3.56. The van der Waals surface area contributed by atoms with Crippen LogP contribution < -0.4 is 0 Å². The van der Waals surface area contributed by atoms with Gasteiger partial charge in [0.25, 0.3) is 0 Å². The first-order valence-corrected chi connectivity index (χ1v) is 7.48. The molecule has 0 radical (unpaired) electrons. The number of esters is 4. The monoisotopic (exact) mass is 412 g/mol. The first kappa shape index (κ1) is 22.3. The summed E-state index contributed by atoms with van der Waals surface area (Å²) in [5.74, 6) is -2.95. The second-order valence-corrected chi connectivity index (χ2v) is 5.56. The van der Waals surface area contributed by atoms with Gasteiger partial charge in [-0.25, -0.2) is 4.79 Å². The number of ether oxygens (including phenoxy) is 5. The Balaban J connectivity index is 0.00000529. The maximum atomic E-state index is 11.9.